The van der Waals surface area contributed by atoms with Gasteiger partial charge in [0.25, 0.3) is 11.6 Å². The van der Waals surface area contributed by atoms with Crippen LogP contribution in [0.25, 0.3) is 21.2 Å². The largest absolute Gasteiger partial charge is 0.451 e. The average Bonchev–Trinajstić information content (AvgIpc) is 3.15. The third kappa shape index (κ3) is 2.62. The van der Waals surface area contributed by atoms with Gasteiger partial charge in [-0.25, -0.2) is 4.98 Å². The van der Waals surface area contributed by atoms with Crippen LogP contribution in [0.1, 0.15) is 16.1 Å². The normalized spacial score (nSPS) is 11.1. The lowest BCUT2D eigenvalue weighted by Crippen LogP contribution is -2.11. The number of hydrogen-bond acceptors (Lipinski definition) is 6. The van der Waals surface area contributed by atoms with E-state index in [0.29, 0.717) is 20.9 Å². The molecule has 0 spiro atoms. The number of fused-ring (bicyclic) bond motifs is 2. The molecule has 2 aromatic carbocycles. The smallest absolute Gasteiger partial charge is 0.293 e. The summed E-state index contributed by atoms with van der Waals surface area (Å²) in [7, 11) is 0. The van der Waals surface area contributed by atoms with Gasteiger partial charge in [-0.2, -0.15) is 0 Å². The number of aromatic nitrogens is 1. The molecule has 0 saturated heterocycles. The van der Waals surface area contributed by atoms with E-state index in [1.54, 1.807) is 12.1 Å². The van der Waals surface area contributed by atoms with Gasteiger partial charge in [0.2, 0.25) is 0 Å². The van der Waals surface area contributed by atoms with Crippen LogP contribution in [-0.4, -0.2) is 15.8 Å². The third-order valence-corrected chi connectivity index (χ3v) is 4.79. The van der Waals surface area contributed by atoms with Gasteiger partial charge >= 0.3 is 0 Å². The summed E-state index contributed by atoms with van der Waals surface area (Å²) in [5.74, 6) is -0.173. The minimum Gasteiger partial charge on any atom is -0.451 e. The van der Waals surface area contributed by atoms with Crippen molar-refractivity contribution in [2.24, 2.45) is 0 Å². The SMILES string of the molecule is Cc1c(C(=O)Nc2nc3ccc([N+](=O)[O-])cc3s2)oc2ccccc12. The first-order chi connectivity index (χ1) is 12.0. The Kier molecular flexibility index (Phi) is 3.47. The fraction of sp³-hybridized carbons (Fsp3) is 0.0588. The van der Waals surface area contributed by atoms with E-state index in [1.165, 1.54) is 23.5 Å². The number of amides is 1. The van der Waals surface area contributed by atoms with Crippen molar-refractivity contribution in [3.8, 4) is 0 Å². The number of hydrogen-bond donors (Lipinski definition) is 1. The number of carbonyl (C=O) groups excluding carboxylic acids is 1. The highest BCUT2D eigenvalue weighted by Gasteiger charge is 2.19. The second-order valence-electron chi connectivity index (χ2n) is 5.43. The highest BCUT2D eigenvalue weighted by molar-refractivity contribution is 7.22. The maximum Gasteiger partial charge on any atom is 0.293 e. The van der Waals surface area contributed by atoms with Gasteiger partial charge in [0.1, 0.15) is 5.58 Å². The number of nitrogens with one attached hydrogen (secondary N) is 1. The van der Waals surface area contributed by atoms with E-state index in [-0.39, 0.29) is 11.4 Å². The predicted octanol–water partition coefficient (Wildman–Crippen LogP) is 4.51. The Labute approximate surface area is 145 Å². The number of non-ortho nitro benzene ring substituents is 1. The second kappa shape index (κ2) is 5.67. The standard InChI is InChI=1S/C17H11N3O4S/c1-9-11-4-2-3-5-13(11)24-15(9)16(21)19-17-18-12-7-6-10(20(22)23)8-14(12)25-17/h2-8H,1H3,(H,18,19,21). The summed E-state index contributed by atoms with van der Waals surface area (Å²) < 4.78 is 6.26. The van der Waals surface area contributed by atoms with E-state index in [9.17, 15) is 14.9 Å². The zero-order valence-corrected chi connectivity index (χ0v) is 13.8. The van der Waals surface area contributed by atoms with Gasteiger partial charge < -0.3 is 4.42 Å². The summed E-state index contributed by atoms with van der Waals surface area (Å²) in [6, 6.07) is 11.8. The van der Waals surface area contributed by atoms with Crippen LogP contribution in [0.5, 0.6) is 0 Å². The molecule has 0 aliphatic heterocycles. The Morgan fingerprint density at radius 1 is 1.28 bits per heavy atom. The van der Waals surface area contributed by atoms with E-state index in [2.05, 4.69) is 10.3 Å². The molecule has 25 heavy (non-hydrogen) atoms. The molecule has 0 atom stereocenters. The quantitative estimate of drug-likeness (QED) is 0.431. The molecule has 4 aromatic rings. The molecule has 1 N–H and O–H groups in total. The van der Waals surface area contributed by atoms with Gasteiger partial charge in [0, 0.05) is 23.1 Å². The van der Waals surface area contributed by atoms with Crippen molar-refractivity contribution >= 4 is 49.2 Å². The van der Waals surface area contributed by atoms with Crippen LogP contribution in [0.15, 0.2) is 46.9 Å². The molecule has 1 amide bonds. The maximum absolute atomic E-state index is 12.5. The summed E-state index contributed by atoms with van der Waals surface area (Å²) >= 11 is 1.18. The molecule has 124 valence electrons. The molecule has 2 aromatic heterocycles. The number of aryl methyl sites for hydroxylation is 1. The molecule has 0 aliphatic carbocycles. The summed E-state index contributed by atoms with van der Waals surface area (Å²) in [6.07, 6.45) is 0. The number of rotatable bonds is 3. The topological polar surface area (TPSA) is 98.3 Å². The molecule has 8 heteroatoms. The molecule has 2 heterocycles. The Bertz CT molecular complexity index is 1150. The van der Waals surface area contributed by atoms with Crippen molar-refractivity contribution in [1.29, 1.82) is 0 Å². The first-order valence-corrected chi connectivity index (χ1v) is 8.19. The van der Waals surface area contributed by atoms with Gasteiger partial charge in [-0.3, -0.25) is 20.2 Å². The summed E-state index contributed by atoms with van der Waals surface area (Å²) in [4.78, 5) is 27.2. The van der Waals surface area contributed by atoms with Crippen molar-refractivity contribution in [1.82, 2.24) is 4.98 Å². The fourth-order valence-electron chi connectivity index (χ4n) is 2.63. The van der Waals surface area contributed by atoms with Gasteiger partial charge in [-0.15, -0.1) is 0 Å². The lowest BCUT2D eigenvalue weighted by molar-refractivity contribution is -0.384. The second-order valence-corrected chi connectivity index (χ2v) is 6.47. The van der Waals surface area contributed by atoms with Crippen molar-refractivity contribution < 1.29 is 14.1 Å². The van der Waals surface area contributed by atoms with Crippen LogP contribution in [0.2, 0.25) is 0 Å². The van der Waals surface area contributed by atoms with E-state index in [1.807, 2.05) is 25.1 Å². The minimum absolute atomic E-state index is 0.0119. The highest BCUT2D eigenvalue weighted by Crippen LogP contribution is 2.30. The lowest BCUT2D eigenvalue weighted by atomic mass is 10.1. The molecule has 0 fully saturated rings. The van der Waals surface area contributed by atoms with Crippen molar-refractivity contribution in [3.63, 3.8) is 0 Å². The van der Waals surface area contributed by atoms with Crippen molar-refractivity contribution in [2.45, 2.75) is 6.92 Å². The lowest BCUT2D eigenvalue weighted by Gasteiger charge is -1.98. The first kappa shape index (κ1) is 15.3. The summed E-state index contributed by atoms with van der Waals surface area (Å²) in [5, 5.41) is 14.8. The molecule has 0 saturated carbocycles. The molecule has 0 unspecified atom stereocenters. The van der Waals surface area contributed by atoms with Crippen LogP contribution in [-0.2, 0) is 0 Å². The molecule has 4 rings (SSSR count). The Hall–Kier alpha value is -3.26. The summed E-state index contributed by atoms with van der Waals surface area (Å²) in [5.41, 5.74) is 1.98. The average molecular weight is 353 g/mol. The molecule has 0 radical (unpaired) electrons. The number of furan rings is 1. The number of anilines is 1. The molecular weight excluding hydrogens is 342 g/mol. The molecule has 7 nitrogen and oxygen atoms in total. The molecular formula is C17H11N3O4S. The van der Waals surface area contributed by atoms with Crippen LogP contribution in [0, 0.1) is 17.0 Å². The van der Waals surface area contributed by atoms with Crippen LogP contribution < -0.4 is 5.32 Å². The number of para-hydroxylation sites is 1. The van der Waals surface area contributed by atoms with Gasteiger partial charge in [0.05, 0.1) is 15.1 Å². The number of carbonyl (C=O) groups is 1. The zero-order valence-electron chi connectivity index (χ0n) is 13.0. The Balaban J connectivity index is 1.66. The Morgan fingerprint density at radius 2 is 2.08 bits per heavy atom. The minimum atomic E-state index is -0.463. The van der Waals surface area contributed by atoms with E-state index < -0.39 is 10.8 Å². The maximum atomic E-state index is 12.5. The van der Waals surface area contributed by atoms with Crippen LogP contribution in [0.4, 0.5) is 10.8 Å². The predicted molar refractivity (Wildman–Crippen MR) is 95.2 cm³/mol. The number of benzene rings is 2. The van der Waals surface area contributed by atoms with Crippen LogP contribution >= 0.6 is 11.3 Å². The first-order valence-electron chi connectivity index (χ1n) is 7.37. The van der Waals surface area contributed by atoms with Crippen molar-refractivity contribution in [3.05, 3.63) is 63.9 Å². The highest BCUT2D eigenvalue weighted by atomic mass is 32.1. The van der Waals surface area contributed by atoms with Gasteiger partial charge in [-0.1, -0.05) is 29.5 Å². The molecule has 0 aliphatic rings. The fourth-order valence-corrected chi connectivity index (χ4v) is 3.52. The number of nitro benzene ring substituents is 1. The van der Waals surface area contributed by atoms with Crippen molar-refractivity contribution in [2.75, 3.05) is 5.32 Å². The third-order valence-electron chi connectivity index (χ3n) is 3.85. The van der Waals surface area contributed by atoms with E-state index in [4.69, 9.17) is 4.42 Å². The number of nitrogens with zero attached hydrogens (tertiary/aromatic N) is 2. The van der Waals surface area contributed by atoms with Crippen LogP contribution in [0.3, 0.4) is 0 Å². The van der Waals surface area contributed by atoms with E-state index in [0.717, 1.165) is 10.9 Å². The molecule has 0 bridgehead atoms. The summed E-state index contributed by atoms with van der Waals surface area (Å²) in [6.45, 7) is 1.82. The van der Waals surface area contributed by atoms with Gasteiger partial charge in [0.15, 0.2) is 10.9 Å². The monoisotopic (exact) mass is 353 g/mol. The number of thiazole rings is 1. The zero-order chi connectivity index (χ0) is 17.6. The van der Waals surface area contributed by atoms with E-state index >= 15 is 0 Å². The Morgan fingerprint density at radius 3 is 2.84 bits per heavy atom. The van der Waals surface area contributed by atoms with Gasteiger partial charge in [-0.05, 0) is 19.1 Å². The number of nitro groups is 1.